The van der Waals surface area contributed by atoms with Crippen LogP contribution in [-0.2, 0) is 9.53 Å². The first-order valence-electron chi connectivity index (χ1n) is 12.5. The Labute approximate surface area is 214 Å². The highest BCUT2D eigenvalue weighted by molar-refractivity contribution is 5.76. The maximum Gasteiger partial charge on any atom is 0.407 e. The lowest BCUT2D eigenvalue weighted by atomic mass is 9.92. The summed E-state index contributed by atoms with van der Waals surface area (Å²) in [6.07, 6.45) is 2.50. The van der Waals surface area contributed by atoms with Crippen molar-refractivity contribution in [2.45, 2.75) is 79.2 Å². The second kappa shape index (κ2) is 16.0. The number of carbonyl (C=O) groups is 2. The Morgan fingerprint density at radius 3 is 1.92 bits per heavy atom. The van der Waals surface area contributed by atoms with Crippen molar-refractivity contribution < 1.29 is 28.9 Å². The minimum atomic E-state index is -0.555. The summed E-state index contributed by atoms with van der Waals surface area (Å²) >= 11 is 0. The van der Waals surface area contributed by atoms with Crippen molar-refractivity contribution in [3.05, 3.63) is 0 Å². The molecule has 0 saturated carbocycles. The molecule has 12 heteroatoms. The predicted octanol–water partition coefficient (Wildman–Crippen LogP) is 2.67. The van der Waals surface area contributed by atoms with Gasteiger partial charge in [0, 0.05) is 32.7 Å². The van der Waals surface area contributed by atoms with Crippen molar-refractivity contribution in [2.75, 3.05) is 44.8 Å². The number of aliphatic hydroxyl groups is 1. The van der Waals surface area contributed by atoms with Gasteiger partial charge in [-0.25, -0.2) is 4.79 Å². The molecule has 0 atom stereocenters. The van der Waals surface area contributed by atoms with E-state index in [-0.39, 0.29) is 36.6 Å². The monoisotopic (exact) mass is 512 g/mol. The van der Waals surface area contributed by atoms with Crippen molar-refractivity contribution in [1.82, 2.24) is 25.6 Å². The highest BCUT2D eigenvalue weighted by Crippen LogP contribution is 2.18. The van der Waals surface area contributed by atoms with Crippen LogP contribution < -0.4 is 25.4 Å². The molecule has 36 heavy (non-hydrogen) atoms. The van der Waals surface area contributed by atoms with Gasteiger partial charge in [-0.05, 0) is 51.9 Å². The predicted molar refractivity (Wildman–Crippen MR) is 136 cm³/mol. The fourth-order valence-corrected chi connectivity index (χ4v) is 2.73. The lowest BCUT2D eigenvalue weighted by Gasteiger charge is -2.19. The second-order valence-electron chi connectivity index (χ2n) is 10.5. The zero-order valence-electron chi connectivity index (χ0n) is 22.6. The minimum Gasteiger partial charge on any atom is -0.463 e. The third-order valence-corrected chi connectivity index (χ3v) is 4.25. The van der Waals surface area contributed by atoms with Crippen LogP contribution in [0, 0.1) is 5.41 Å². The first kappa shape index (κ1) is 31.1. The van der Waals surface area contributed by atoms with E-state index in [4.69, 9.17) is 19.3 Å². The third-order valence-electron chi connectivity index (χ3n) is 4.25. The van der Waals surface area contributed by atoms with Crippen molar-refractivity contribution in [1.29, 1.82) is 0 Å². The maximum absolute atomic E-state index is 11.9. The smallest absolute Gasteiger partial charge is 0.407 e. The SMILES string of the molecule is CC(C)(C)CC(=O)NCCCOc1nc(NCCCCO)nc(OCCCNC(=O)OC(C)(C)C)n1. The molecule has 1 aromatic heterocycles. The molecule has 0 aromatic carbocycles. The zero-order valence-corrected chi connectivity index (χ0v) is 22.6. The molecule has 12 nitrogen and oxygen atoms in total. The lowest BCUT2D eigenvalue weighted by Crippen LogP contribution is -2.33. The largest absolute Gasteiger partial charge is 0.463 e. The van der Waals surface area contributed by atoms with Gasteiger partial charge < -0.3 is 35.3 Å². The van der Waals surface area contributed by atoms with Gasteiger partial charge in [0.05, 0.1) is 13.2 Å². The van der Waals surface area contributed by atoms with Gasteiger partial charge in [-0.15, -0.1) is 4.98 Å². The summed E-state index contributed by atoms with van der Waals surface area (Å²) in [7, 11) is 0. The molecule has 0 aliphatic rings. The molecule has 0 aliphatic heterocycles. The number of hydrogen-bond acceptors (Lipinski definition) is 10. The third kappa shape index (κ3) is 16.7. The highest BCUT2D eigenvalue weighted by atomic mass is 16.6. The molecule has 0 fully saturated rings. The van der Waals surface area contributed by atoms with Gasteiger partial charge in [0.25, 0.3) is 0 Å². The molecule has 0 bridgehead atoms. The average Bonchev–Trinajstić information content (AvgIpc) is 2.74. The molecule has 206 valence electrons. The first-order valence-corrected chi connectivity index (χ1v) is 12.5. The van der Waals surface area contributed by atoms with E-state index in [0.29, 0.717) is 57.9 Å². The van der Waals surface area contributed by atoms with Gasteiger partial charge in [-0.1, -0.05) is 20.8 Å². The number of nitrogens with one attached hydrogen (secondary N) is 3. The van der Waals surface area contributed by atoms with Crippen LogP contribution in [0.3, 0.4) is 0 Å². The highest BCUT2D eigenvalue weighted by Gasteiger charge is 2.16. The number of hydrogen-bond donors (Lipinski definition) is 4. The minimum absolute atomic E-state index is 0.00821. The van der Waals surface area contributed by atoms with Gasteiger partial charge in [-0.2, -0.15) is 9.97 Å². The summed E-state index contributed by atoms with van der Waals surface area (Å²) in [4.78, 5) is 36.3. The Balaban J connectivity index is 2.53. The number of aliphatic hydroxyl groups excluding tert-OH is 1. The Bertz CT molecular complexity index is 738. The normalized spacial score (nSPS) is 11.5. The number of nitrogens with zero attached hydrogens (tertiary/aromatic N) is 3. The number of alkyl carbamates (subject to hydrolysis) is 1. The van der Waals surface area contributed by atoms with Gasteiger partial charge in [0.1, 0.15) is 5.60 Å². The summed E-state index contributed by atoms with van der Waals surface area (Å²) in [5, 5.41) is 17.6. The number of unbranched alkanes of at least 4 members (excludes halogenated alkanes) is 1. The van der Waals surface area contributed by atoms with Crippen molar-refractivity contribution in [2.24, 2.45) is 5.41 Å². The number of ether oxygens (including phenoxy) is 3. The molecule has 4 N–H and O–H groups in total. The Morgan fingerprint density at radius 1 is 0.806 bits per heavy atom. The van der Waals surface area contributed by atoms with Crippen LogP contribution >= 0.6 is 0 Å². The van der Waals surface area contributed by atoms with Gasteiger partial charge in [-0.3, -0.25) is 4.79 Å². The van der Waals surface area contributed by atoms with Crippen LogP contribution in [0.5, 0.6) is 12.0 Å². The van der Waals surface area contributed by atoms with Crippen LogP contribution in [0.25, 0.3) is 0 Å². The number of rotatable bonds is 16. The number of amides is 2. The van der Waals surface area contributed by atoms with Crippen molar-refractivity contribution in [3.8, 4) is 12.0 Å². The summed E-state index contributed by atoms with van der Waals surface area (Å²) in [5.74, 6) is 0.312. The molecule has 0 aliphatic carbocycles. The fraction of sp³-hybridized carbons (Fsp3) is 0.792. The van der Waals surface area contributed by atoms with E-state index >= 15 is 0 Å². The quantitative estimate of drug-likeness (QED) is 0.243. The molecule has 1 heterocycles. The number of anilines is 1. The van der Waals surface area contributed by atoms with Gasteiger partial charge in [0.2, 0.25) is 11.9 Å². The second-order valence-corrected chi connectivity index (χ2v) is 10.5. The Hall–Kier alpha value is -2.89. The van der Waals surface area contributed by atoms with Crippen LogP contribution in [-0.4, -0.2) is 77.1 Å². The first-order chi connectivity index (χ1) is 16.9. The maximum atomic E-state index is 11.9. The Morgan fingerprint density at radius 2 is 1.39 bits per heavy atom. The van der Waals surface area contributed by atoms with E-state index in [1.807, 2.05) is 20.8 Å². The fourth-order valence-electron chi connectivity index (χ4n) is 2.73. The summed E-state index contributed by atoms with van der Waals surface area (Å²) in [6, 6.07) is 0.206. The van der Waals surface area contributed by atoms with E-state index in [9.17, 15) is 9.59 Å². The standard InChI is InChI=1S/C24H44N6O6/c1-23(2,3)17-18(32)25-12-9-15-34-20-28-19(26-11-7-8-14-31)29-21(30-20)35-16-10-13-27-22(33)36-24(4,5)6/h31H,7-17H2,1-6H3,(H,25,32)(H,27,33)(H,26,28,29,30). The molecular weight excluding hydrogens is 468 g/mol. The molecule has 1 rings (SSSR count). The van der Waals surface area contributed by atoms with E-state index in [0.717, 1.165) is 6.42 Å². The summed E-state index contributed by atoms with van der Waals surface area (Å²) in [6.45, 7) is 13.6. The van der Waals surface area contributed by atoms with Gasteiger partial charge in [0.15, 0.2) is 0 Å². The van der Waals surface area contributed by atoms with Gasteiger partial charge >= 0.3 is 18.1 Å². The van der Waals surface area contributed by atoms with E-state index < -0.39 is 11.7 Å². The number of carbonyl (C=O) groups excluding carboxylic acids is 2. The van der Waals surface area contributed by atoms with E-state index in [2.05, 4.69) is 30.9 Å². The molecule has 0 saturated heterocycles. The topological polar surface area (TPSA) is 157 Å². The average molecular weight is 513 g/mol. The molecule has 0 spiro atoms. The molecular formula is C24H44N6O6. The molecule has 1 aromatic rings. The molecule has 0 radical (unpaired) electrons. The molecule has 0 unspecified atom stereocenters. The summed E-state index contributed by atoms with van der Waals surface area (Å²) < 4.78 is 16.5. The molecule has 2 amide bonds. The van der Waals surface area contributed by atoms with E-state index in [1.54, 1.807) is 20.8 Å². The van der Waals surface area contributed by atoms with Crippen LogP contribution in [0.4, 0.5) is 10.7 Å². The zero-order chi connectivity index (χ0) is 27.0. The number of aromatic nitrogens is 3. The van der Waals surface area contributed by atoms with Crippen LogP contribution in [0.15, 0.2) is 0 Å². The summed E-state index contributed by atoms with van der Waals surface area (Å²) in [5.41, 5.74) is -0.616. The van der Waals surface area contributed by atoms with Crippen molar-refractivity contribution >= 4 is 17.9 Å². The Kier molecular flexibility index (Phi) is 13.8. The van der Waals surface area contributed by atoms with E-state index in [1.165, 1.54) is 0 Å². The lowest BCUT2D eigenvalue weighted by molar-refractivity contribution is -0.122. The van der Waals surface area contributed by atoms with Crippen molar-refractivity contribution in [3.63, 3.8) is 0 Å². The van der Waals surface area contributed by atoms with Crippen LogP contribution in [0.2, 0.25) is 0 Å². The van der Waals surface area contributed by atoms with Crippen LogP contribution in [0.1, 0.15) is 73.6 Å².